The second-order valence-electron chi connectivity index (χ2n) is 5.36. The van der Waals surface area contributed by atoms with Gasteiger partial charge in [-0.05, 0) is 39.8 Å². The summed E-state index contributed by atoms with van der Waals surface area (Å²) in [6.07, 6.45) is -0.461. The quantitative estimate of drug-likeness (QED) is 0.870. The summed E-state index contributed by atoms with van der Waals surface area (Å²) < 4.78 is 5.15. The van der Waals surface area contributed by atoms with Crippen molar-refractivity contribution in [2.45, 2.75) is 39.8 Å². The highest BCUT2D eigenvalue weighted by atomic mass is 16.6. The highest BCUT2D eigenvalue weighted by Gasteiger charge is 2.16. The number of H-pyrrole nitrogens is 1. The minimum Gasteiger partial charge on any atom is -0.444 e. The monoisotopic (exact) mass is 262 g/mol. The van der Waals surface area contributed by atoms with Crippen LogP contribution in [0.15, 0.2) is 12.1 Å². The molecular formula is C13H18N4O2. The number of amides is 1. The Morgan fingerprint density at radius 2 is 2.11 bits per heavy atom. The fraction of sp³-hybridized carbons (Fsp3) is 0.462. The zero-order chi connectivity index (χ0) is 14.0. The number of ether oxygens (including phenoxy) is 1. The van der Waals surface area contributed by atoms with Crippen molar-refractivity contribution in [2.24, 2.45) is 0 Å². The van der Waals surface area contributed by atoms with Gasteiger partial charge in [0.15, 0.2) is 5.65 Å². The number of aromatic nitrogens is 3. The molecule has 2 heterocycles. The van der Waals surface area contributed by atoms with Gasteiger partial charge in [0.25, 0.3) is 0 Å². The molecule has 2 N–H and O–H groups in total. The van der Waals surface area contributed by atoms with E-state index in [1.165, 1.54) is 0 Å². The van der Waals surface area contributed by atoms with Crippen LogP contribution in [0.4, 0.5) is 4.79 Å². The lowest BCUT2D eigenvalue weighted by molar-refractivity contribution is 0.0522. The topological polar surface area (TPSA) is 79.9 Å². The maximum atomic E-state index is 11.5. The molecule has 6 heteroatoms. The van der Waals surface area contributed by atoms with E-state index in [0.29, 0.717) is 11.5 Å². The fourth-order valence-electron chi connectivity index (χ4n) is 1.59. The van der Waals surface area contributed by atoms with E-state index in [0.717, 1.165) is 11.2 Å². The molecule has 2 aromatic rings. The van der Waals surface area contributed by atoms with Crippen LogP contribution in [-0.2, 0) is 11.3 Å². The summed E-state index contributed by atoms with van der Waals surface area (Å²) >= 11 is 0. The number of fused-ring (bicyclic) bond motifs is 1. The number of nitrogens with one attached hydrogen (secondary N) is 2. The Morgan fingerprint density at radius 3 is 2.79 bits per heavy atom. The number of alkyl carbamates (subject to hydrolysis) is 1. The summed E-state index contributed by atoms with van der Waals surface area (Å²) in [5, 5.41) is 2.65. The minimum atomic E-state index is -0.503. The molecule has 0 bridgehead atoms. The fourth-order valence-corrected chi connectivity index (χ4v) is 1.59. The number of aryl methyl sites for hydroxylation is 1. The SMILES string of the molecule is Cc1ccc2[nH]c(CNC(=O)OC(C)(C)C)nc2n1. The molecule has 0 aliphatic rings. The molecule has 0 aliphatic carbocycles. The molecule has 1 amide bonds. The Labute approximate surface area is 111 Å². The van der Waals surface area contributed by atoms with Gasteiger partial charge in [0.1, 0.15) is 11.4 Å². The largest absolute Gasteiger partial charge is 0.444 e. The van der Waals surface area contributed by atoms with Crippen LogP contribution in [0.2, 0.25) is 0 Å². The predicted octanol–water partition coefficient (Wildman–Crippen LogP) is 2.29. The first kappa shape index (κ1) is 13.3. The number of nitrogens with zero attached hydrogens (tertiary/aromatic N) is 2. The Morgan fingerprint density at radius 1 is 1.37 bits per heavy atom. The smallest absolute Gasteiger partial charge is 0.408 e. The van der Waals surface area contributed by atoms with E-state index in [1.807, 2.05) is 39.8 Å². The number of pyridine rings is 1. The van der Waals surface area contributed by atoms with Gasteiger partial charge in [-0.25, -0.2) is 14.8 Å². The zero-order valence-electron chi connectivity index (χ0n) is 11.6. The normalized spacial score (nSPS) is 11.6. The van der Waals surface area contributed by atoms with Crippen LogP contribution in [0, 0.1) is 6.92 Å². The molecule has 0 atom stereocenters. The summed E-state index contributed by atoms with van der Waals surface area (Å²) in [5.74, 6) is 0.652. The average Bonchev–Trinajstić information content (AvgIpc) is 2.66. The van der Waals surface area contributed by atoms with Gasteiger partial charge in [-0.2, -0.15) is 0 Å². The van der Waals surface area contributed by atoms with E-state index in [1.54, 1.807) is 0 Å². The average molecular weight is 262 g/mol. The van der Waals surface area contributed by atoms with Crippen LogP contribution in [0.3, 0.4) is 0 Å². The Bertz CT molecular complexity index is 598. The van der Waals surface area contributed by atoms with Gasteiger partial charge in [-0.1, -0.05) is 0 Å². The lowest BCUT2D eigenvalue weighted by atomic mass is 10.2. The molecule has 0 fully saturated rings. The molecule has 102 valence electrons. The molecular weight excluding hydrogens is 244 g/mol. The van der Waals surface area contributed by atoms with E-state index in [2.05, 4.69) is 20.3 Å². The molecule has 0 spiro atoms. The van der Waals surface area contributed by atoms with E-state index in [-0.39, 0.29) is 6.54 Å². The Kier molecular flexibility index (Phi) is 3.42. The van der Waals surface area contributed by atoms with Crippen molar-refractivity contribution in [1.29, 1.82) is 0 Å². The zero-order valence-corrected chi connectivity index (χ0v) is 11.6. The molecule has 19 heavy (non-hydrogen) atoms. The first-order chi connectivity index (χ1) is 8.83. The molecule has 6 nitrogen and oxygen atoms in total. The first-order valence-corrected chi connectivity index (χ1v) is 6.12. The van der Waals surface area contributed by atoms with Gasteiger partial charge in [-0.15, -0.1) is 0 Å². The molecule has 0 unspecified atom stereocenters. The second kappa shape index (κ2) is 4.87. The maximum absolute atomic E-state index is 11.5. The van der Waals surface area contributed by atoms with Crippen LogP contribution < -0.4 is 5.32 Å². The van der Waals surface area contributed by atoms with Gasteiger partial charge >= 0.3 is 6.09 Å². The van der Waals surface area contributed by atoms with Gasteiger partial charge in [-0.3, -0.25) is 0 Å². The minimum absolute atomic E-state index is 0.282. The number of carbonyl (C=O) groups is 1. The van der Waals surface area contributed by atoms with Crippen LogP contribution in [0.5, 0.6) is 0 Å². The molecule has 0 saturated carbocycles. The number of aromatic amines is 1. The van der Waals surface area contributed by atoms with Gasteiger partial charge in [0.05, 0.1) is 12.1 Å². The van der Waals surface area contributed by atoms with E-state index in [9.17, 15) is 4.79 Å². The highest BCUT2D eigenvalue weighted by Crippen LogP contribution is 2.10. The third kappa shape index (κ3) is 3.67. The summed E-state index contributed by atoms with van der Waals surface area (Å²) in [5.41, 5.74) is 1.91. The number of hydrogen-bond acceptors (Lipinski definition) is 4. The van der Waals surface area contributed by atoms with E-state index < -0.39 is 11.7 Å². The summed E-state index contributed by atoms with van der Waals surface area (Å²) in [4.78, 5) is 23.2. The Balaban J connectivity index is 2.00. The van der Waals surface area contributed by atoms with Crippen molar-refractivity contribution in [1.82, 2.24) is 20.3 Å². The lowest BCUT2D eigenvalue weighted by Gasteiger charge is -2.19. The van der Waals surface area contributed by atoms with Crippen molar-refractivity contribution in [3.63, 3.8) is 0 Å². The summed E-state index contributed by atoms with van der Waals surface area (Å²) in [6, 6.07) is 3.83. The van der Waals surface area contributed by atoms with Crippen molar-refractivity contribution in [3.8, 4) is 0 Å². The number of imidazole rings is 1. The van der Waals surface area contributed by atoms with Crippen molar-refractivity contribution >= 4 is 17.3 Å². The highest BCUT2D eigenvalue weighted by molar-refractivity contribution is 5.71. The van der Waals surface area contributed by atoms with Crippen molar-refractivity contribution in [3.05, 3.63) is 23.7 Å². The van der Waals surface area contributed by atoms with Crippen LogP contribution in [0.1, 0.15) is 32.3 Å². The first-order valence-electron chi connectivity index (χ1n) is 6.12. The Hall–Kier alpha value is -2.11. The van der Waals surface area contributed by atoms with Crippen molar-refractivity contribution < 1.29 is 9.53 Å². The maximum Gasteiger partial charge on any atom is 0.408 e. The third-order valence-corrected chi connectivity index (χ3v) is 2.33. The van der Waals surface area contributed by atoms with Gasteiger partial charge in [0.2, 0.25) is 0 Å². The molecule has 0 aliphatic heterocycles. The number of rotatable bonds is 2. The van der Waals surface area contributed by atoms with Crippen molar-refractivity contribution in [2.75, 3.05) is 0 Å². The van der Waals surface area contributed by atoms with Crippen LogP contribution in [0.25, 0.3) is 11.2 Å². The van der Waals surface area contributed by atoms with Crippen LogP contribution in [-0.4, -0.2) is 26.6 Å². The molecule has 0 radical (unpaired) electrons. The van der Waals surface area contributed by atoms with Gasteiger partial charge < -0.3 is 15.0 Å². The summed E-state index contributed by atoms with van der Waals surface area (Å²) in [7, 11) is 0. The third-order valence-electron chi connectivity index (χ3n) is 2.33. The molecule has 2 aromatic heterocycles. The molecule has 0 saturated heterocycles. The molecule has 0 aromatic carbocycles. The van der Waals surface area contributed by atoms with Crippen LogP contribution >= 0.6 is 0 Å². The molecule has 2 rings (SSSR count). The number of hydrogen-bond donors (Lipinski definition) is 2. The number of carbonyl (C=O) groups excluding carboxylic acids is 1. The summed E-state index contributed by atoms with van der Waals surface area (Å²) in [6.45, 7) is 7.65. The van der Waals surface area contributed by atoms with E-state index in [4.69, 9.17) is 4.74 Å². The van der Waals surface area contributed by atoms with Gasteiger partial charge in [0, 0.05) is 5.69 Å². The lowest BCUT2D eigenvalue weighted by Crippen LogP contribution is -2.32. The van der Waals surface area contributed by atoms with E-state index >= 15 is 0 Å². The second-order valence-corrected chi connectivity index (χ2v) is 5.36. The predicted molar refractivity (Wildman–Crippen MR) is 71.7 cm³/mol. The standard InChI is InChI=1S/C13H18N4O2/c1-8-5-6-9-11(15-8)17-10(16-9)7-14-12(18)19-13(2,3)4/h5-6H,7H2,1-4H3,(H,14,18)(H,15,16,17).